The molecule has 0 bridgehead atoms. The molecule has 3 aliphatic carbocycles. The highest BCUT2D eigenvalue weighted by atomic mass is 14.9. The summed E-state index contributed by atoms with van der Waals surface area (Å²) in [5, 5.41) is 0. The number of rotatable bonds is 1. The summed E-state index contributed by atoms with van der Waals surface area (Å²) in [6, 6.07) is 0. The van der Waals surface area contributed by atoms with E-state index < -0.39 is 0 Å². The minimum Gasteiger partial charge on any atom is -0.0648 e. The van der Waals surface area contributed by atoms with Gasteiger partial charge < -0.3 is 0 Å². The van der Waals surface area contributed by atoms with Crippen molar-refractivity contribution in [1.29, 1.82) is 0 Å². The zero-order valence-corrected chi connectivity index (χ0v) is 7.69. The predicted octanol–water partition coefficient (Wildman–Crippen LogP) is 3.22. The number of hydrogen-bond acceptors (Lipinski definition) is 0. The van der Waals surface area contributed by atoms with Crippen LogP contribution >= 0.6 is 0 Å². The highest BCUT2D eigenvalue weighted by Crippen LogP contribution is 2.89. The van der Waals surface area contributed by atoms with E-state index in [2.05, 4.69) is 13.8 Å². The van der Waals surface area contributed by atoms with Crippen LogP contribution in [0.3, 0.4) is 0 Å². The predicted molar refractivity (Wildman–Crippen MR) is 46.3 cm³/mol. The zero-order chi connectivity index (χ0) is 7.69. The largest absolute Gasteiger partial charge is 0.0648 e. The van der Waals surface area contributed by atoms with Crippen LogP contribution < -0.4 is 0 Å². The molecule has 3 aliphatic rings. The highest BCUT2D eigenvalue weighted by Gasteiger charge is 2.81. The smallest absolute Gasteiger partial charge is 0.0199 e. The van der Waals surface area contributed by atoms with Crippen molar-refractivity contribution in [2.75, 3.05) is 0 Å². The molecule has 3 fully saturated rings. The van der Waals surface area contributed by atoms with Crippen LogP contribution in [0.2, 0.25) is 0 Å². The third-order valence-corrected chi connectivity index (χ3v) is 5.18. The fourth-order valence-corrected chi connectivity index (χ4v) is 4.65. The van der Waals surface area contributed by atoms with E-state index in [1.54, 1.807) is 25.7 Å². The van der Waals surface area contributed by atoms with E-state index in [0.717, 1.165) is 16.7 Å². The summed E-state index contributed by atoms with van der Waals surface area (Å²) >= 11 is 0. The van der Waals surface area contributed by atoms with E-state index in [-0.39, 0.29) is 0 Å². The zero-order valence-electron chi connectivity index (χ0n) is 7.69. The first-order chi connectivity index (χ1) is 5.25. The van der Waals surface area contributed by atoms with Gasteiger partial charge in [0.15, 0.2) is 0 Å². The number of fused-ring (bicyclic) bond motifs is 3. The van der Waals surface area contributed by atoms with Gasteiger partial charge in [-0.05, 0) is 54.8 Å². The molecule has 0 nitrogen and oxygen atoms in total. The summed E-state index contributed by atoms with van der Waals surface area (Å²) in [5.74, 6) is 2.25. The maximum atomic E-state index is 2.42. The summed E-state index contributed by atoms with van der Waals surface area (Å²) in [4.78, 5) is 0. The van der Waals surface area contributed by atoms with Crippen LogP contribution in [0.25, 0.3) is 0 Å². The van der Waals surface area contributed by atoms with Gasteiger partial charge in [0.1, 0.15) is 0 Å². The maximum Gasteiger partial charge on any atom is -0.0199 e. The SMILES string of the molecule is CCC12CCC1C21CC(C)C1. The van der Waals surface area contributed by atoms with Gasteiger partial charge in [-0.1, -0.05) is 13.8 Å². The Bertz CT molecular complexity index is 196. The van der Waals surface area contributed by atoms with Crippen LogP contribution in [0.15, 0.2) is 0 Å². The molecule has 0 N–H and O–H groups in total. The van der Waals surface area contributed by atoms with Crippen molar-refractivity contribution in [2.45, 2.75) is 46.0 Å². The molecule has 0 aliphatic heterocycles. The molecule has 0 heteroatoms. The lowest BCUT2D eigenvalue weighted by Crippen LogP contribution is -2.27. The topological polar surface area (TPSA) is 0 Å². The van der Waals surface area contributed by atoms with Crippen LogP contribution in [-0.2, 0) is 0 Å². The van der Waals surface area contributed by atoms with Crippen molar-refractivity contribution in [1.82, 2.24) is 0 Å². The normalized spacial score (nSPS) is 64.9. The second kappa shape index (κ2) is 1.53. The summed E-state index contributed by atoms with van der Waals surface area (Å²) < 4.78 is 0. The highest BCUT2D eigenvalue weighted by molar-refractivity contribution is 5.30. The summed E-state index contributed by atoms with van der Waals surface area (Å²) in [7, 11) is 0. The van der Waals surface area contributed by atoms with Gasteiger partial charge in [-0.2, -0.15) is 0 Å². The Morgan fingerprint density at radius 3 is 2.36 bits per heavy atom. The molecular formula is C11H18. The van der Waals surface area contributed by atoms with Gasteiger partial charge in [0.05, 0.1) is 0 Å². The second-order valence-corrected chi connectivity index (χ2v) is 5.27. The summed E-state index contributed by atoms with van der Waals surface area (Å²) in [6.45, 7) is 4.83. The molecule has 0 heterocycles. The van der Waals surface area contributed by atoms with E-state index in [0.29, 0.717) is 0 Å². The Kier molecular flexibility index (Phi) is 0.906. The first kappa shape index (κ1) is 6.51. The minimum atomic E-state index is 0.902. The molecule has 0 radical (unpaired) electrons. The first-order valence-corrected chi connectivity index (χ1v) is 5.25. The Balaban J connectivity index is 1.84. The average Bonchev–Trinajstić information content (AvgIpc) is 2.23. The van der Waals surface area contributed by atoms with Crippen LogP contribution in [0.1, 0.15) is 46.0 Å². The molecule has 11 heavy (non-hydrogen) atoms. The van der Waals surface area contributed by atoms with Gasteiger partial charge in [-0.25, -0.2) is 0 Å². The molecule has 0 amide bonds. The van der Waals surface area contributed by atoms with Gasteiger partial charge in [-0.3, -0.25) is 0 Å². The Labute approximate surface area is 69.4 Å². The molecule has 2 atom stereocenters. The van der Waals surface area contributed by atoms with Gasteiger partial charge in [0.25, 0.3) is 0 Å². The van der Waals surface area contributed by atoms with Gasteiger partial charge in [-0.15, -0.1) is 0 Å². The molecule has 3 rings (SSSR count). The molecule has 62 valence electrons. The van der Waals surface area contributed by atoms with E-state index in [4.69, 9.17) is 0 Å². The van der Waals surface area contributed by atoms with E-state index in [1.165, 1.54) is 12.3 Å². The third kappa shape index (κ3) is 0.443. The molecule has 0 aromatic rings. The molecule has 0 aromatic heterocycles. The Morgan fingerprint density at radius 1 is 1.36 bits per heavy atom. The first-order valence-electron chi connectivity index (χ1n) is 5.25. The van der Waals surface area contributed by atoms with Gasteiger partial charge in [0, 0.05) is 0 Å². The van der Waals surface area contributed by atoms with Crippen molar-refractivity contribution >= 4 is 0 Å². The van der Waals surface area contributed by atoms with Gasteiger partial charge >= 0.3 is 0 Å². The lowest BCUT2D eigenvalue weighted by Gasteiger charge is -2.37. The van der Waals surface area contributed by atoms with Crippen LogP contribution in [0, 0.1) is 22.7 Å². The average molecular weight is 150 g/mol. The van der Waals surface area contributed by atoms with E-state index >= 15 is 0 Å². The fourth-order valence-electron chi connectivity index (χ4n) is 4.65. The third-order valence-electron chi connectivity index (χ3n) is 5.18. The molecule has 0 aromatic carbocycles. The molecule has 0 saturated heterocycles. The minimum absolute atomic E-state index is 0.902. The number of hydrogen-bond donors (Lipinski definition) is 0. The standard InChI is InChI=1S/C11H18/c1-3-10-5-4-9(10)11(10)6-8(2)7-11/h8-9H,3-7H2,1-2H3. The summed E-state index contributed by atoms with van der Waals surface area (Å²) in [5.41, 5.74) is 1.82. The lowest BCUT2D eigenvalue weighted by molar-refractivity contribution is 0.129. The Morgan fingerprint density at radius 2 is 2.09 bits per heavy atom. The quantitative estimate of drug-likeness (QED) is 0.538. The van der Waals surface area contributed by atoms with Gasteiger partial charge in [0.2, 0.25) is 0 Å². The van der Waals surface area contributed by atoms with Crippen LogP contribution in [0.4, 0.5) is 0 Å². The lowest BCUT2D eigenvalue weighted by atomic mass is 9.68. The van der Waals surface area contributed by atoms with Crippen molar-refractivity contribution in [3.63, 3.8) is 0 Å². The Hall–Kier alpha value is 0. The van der Waals surface area contributed by atoms with Crippen molar-refractivity contribution in [3.8, 4) is 0 Å². The molecule has 2 unspecified atom stereocenters. The summed E-state index contributed by atoms with van der Waals surface area (Å²) in [6.07, 6.45) is 7.77. The maximum absolute atomic E-state index is 2.42. The molecule has 3 saturated carbocycles. The molecular weight excluding hydrogens is 132 g/mol. The fraction of sp³-hybridized carbons (Fsp3) is 1.00. The van der Waals surface area contributed by atoms with Crippen molar-refractivity contribution in [3.05, 3.63) is 0 Å². The van der Waals surface area contributed by atoms with E-state index in [1.807, 2.05) is 0 Å². The van der Waals surface area contributed by atoms with E-state index in [9.17, 15) is 0 Å². The molecule has 1 spiro atoms. The second-order valence-electron chi connectivity index (χ2n) is 5.27. The van der Waals surface area contributed by atoms with Crippen molar-refractivity contribution in [2.24, 2.45) is 22.7 Å². The van der Waals surface area contributed by atoms with Crippen molar-refractivity contribution < 1.29 is 0 Å². The van der Waals surface area contributed by atoms with Crippen LogP contribution in [0.5, 0.6) is 0 Å². The monoisotopic (exact) mass is 150 g/mol. The van der Waals surface area contributed by atoms with Crippen LogP contribution in [-0.4, -0.2) is 0 Å².